The molecule has 1 saturated heterocycles. The molecule has 2 aromatic carbocycles. The molecular weight excluding hydrogens is 569 g/mol. The first-order chi connectivity index (χ1) is 21.4. The molecule has 3 aromatic rings. The van der Waals surface area contributed by atoms with Crippen molar-refractivity contribution in [2.24, 2.45) is 0 Å². The predicted molar refractivity (Wildman–Crippen MR) is 162 cm³/mol. The van der Waals surface area contributed by atoms with E-state index < -0.39 is 11.9 Å². The Labute approximate surface area is 257 Å². The van der Waals surface area contributed by atoms with Gasteiger partial charge in [0.1, 0.15) is 18.4 Å². The van der Waals surface area contributed by atoms with E-state index in [0.29, 0.717) is 54.6 Å². The Morgan fingerprint density at radius 2 is 1.84 bits per heavy atom. The van der Waals surface area contributed by atoms with Crippen LogP contribution >= 0.6 is 0 Å². The fourth-order valence-electron chi connectivity index (χ4n) is 5.25. The van der Waals surface area contributed by atoms with Crippen molar-refractivity contribution in [1.29, 1.82) is 0 Å². The second kappa shape index (κ2) is 16.1. The zero-order chi connectivity index (χ0) is 31.5. The number of carbonyl (C=O) groups is 2. The van der Waals surface area contributed by atoms with E-state index in [1.54, 1.807) is 37.4 Å². The smallest absolute Gasteiger partial charge is 0.247 e. The largest absolute Gasteiger partial charge is 0.493 e. The molecule has 0 spiro atoms. The van der Waals surface area contributed by atoms with Crippen LogP contribution < -0.4 is 14.8 Å². The Morgan fingerprint density at radius 1 is 1.09 bits per heavy atom. The van der Waals surface area contributed by atoms with E-state index in [2.05, 4.69) is 39.5 Å². The van der Waals surface area contributed by atoms with E-state index in [1.807, 2.05) is 0 Å². The third kappa shape index (κ3) is 8.50. The molecule has 1 aromatic heterocycles. The van der Waals surface area contributed by atoms with Crippen LogP contribution in [0, 0.1) is 5.82 Å². The summed E-state index contributed by atoms with van der Waals surface area (Å²) in [5, 5.41) is 15.6. The molecule has 13 heteroatoms. The predicted octanol–water partition coefficient (Wildman–Crippen LogP) is 3.09. The minimum Gasteiger partial charge on any atom is -0.493 e. The van der Waals surface area contributed by atoms with E-state index >= 15 is 0 Å². The second-order valence-corrected chi connectivity index (χ2v) is 10.5. The van der Waals surface area contributed by atoms with Crippen LogP contribution in [0.15, 0.2) is 42.5 Å². The van der Waals surface area contributed by atoms with Gasteiger partial charge in [-0.05, 0) is 80.0 Å². The van der Waals surface area contributed by atoms with Gasteiger partial charge in [0.25, 0.3) is 0 Å². The number of ether oxygens (including phenoxy) is 3. The van der Waals surface area contributed by atoms with Gasteiger partial charge < -0.3 is 29.3 Å². The number of hydrogen-bond donors (Lipinski definition) is 1. The third-order valence-electron chi connectivity index (χ3n) is 7.73. The summed E-state index contributed by atoms with van der Waals surface area (Å²) in [5.41, 5.74) is 1.14. The summed E-state index contributed by atoms with van der Waals surface area (Å²) in [7, 11) is 3.08. The van der Waals surface area contributed by atoms with Gasteiger partial charge in [0.05, 0.1) is 20.3 Å². The molecule has 1 aliphatic rings. The standard InChI is InChI=1S/C31H42FN7O5/c1-5-37(6-2)16-8-17-38(29(22-10-13-24(32)14-11-22)31(41)33-20-25-9-7-18-44-25)28(40)21-39-35-30(34-36-39)23-12-15-26(42-3)27(19-23)43-4/h10-15,19,25,29H,5-9,16-18,20-21H2,1-4H3,(H,33,41)/t25-,29+/m0/s1. The molecule has 2 atom stereocenters. The lowest BCUT2D eigenvalue weighted by molar-refractivity contribution is -0.142. The highest BCUT2D eigenvalue weighted by Gasteiger charge is 2.32. The van der Waals surface area contributed by atoms with Crippen LogP contribution in [0.25, 0.3) is 11.4 Å². The van der Waals surface area contributed by atoms with Crippen molar-refractivity contribution in [3.63, 3.8) is 0 Å². The quantitative estimate of drug-likeness (QED) is 0.260. The lowest BCUT2D eigenvalue weighted by Crippen LogP contribution is -2.47. The molecular formula is C31H42FN7O5. The van der Waals surface area contributed by atoms with Crippen molar-refractivity contribution >= 4 is 11.8 Å². The highest BCUT2D eigenvalue weighted by molar-refractivity contribution is 5.88. The average molecular weight is 612 g/mol. The number of halogens is 1. The highest BCUT2D eigenvalue weighted by atomic mass is 19.1. The summed E-state index contributed by atoms with van der Waals surface area (Å²) < 4.78 is 30.3. The Balaban J connectivity index is 1.59. The first kappa shape index (κ1) is 32.8. The Morgan fingerprint density at radius 3 is 2.50 bits per heavy atom. The Hall–Kier alpha value is -4.10. The van der Waals surface area contributed by atoms with Crippen LogP contribution in [0.5, 0.6) is 11.5 Å². The zero-order valence-corrected chi connectivity index (χ0v) is 25.9. The number of rotatable bonds is 16. The maximum absolute atomic E-state index is 14.0. The first-order valence-electron chi connectivity index (χ1n) is 15.0. The van der Waals surface area contributed by atoms with Gasteiger partial charge in [-0.25, -0.2) is 4.39 Å². The van der Waals surface area contributed by atoms with Gasteiger partial charge >= 0.3 is 0 Å². The molecule has 0 unspecified atom stereocenters. The van der Waals surface area contributed by atoms with Gasteiger partial charge in [-0.2, -0.15) is 4.80 Å². The monoisotopic (exact) mass is 611 g/mol. The summed E-state index contributed by atoms with van der Waals surface area (Å²) >= 11 is 0. The van der Waals surface area contributed by atoms with Crippen LogP contribution in [0.2, 0.25) is 0 Å². The van der Waals surface area contributed by atoms with Gasteiger partial charge in [0, 0.05) is 25.3 Å². The number of hydrogen-bond acceptors (Lipinski definition) is 9. The topological polar surface area (TPSA) is 124 Å². The normalized spacial score (nSPS) is 15.3. The lowest BCUT2D eigenvalue weighted by atomic mass is 10.0. The summed E-state index contributed by atoms with van der Waals surface area (Å²) in [4.78, 5) is 32.7. The maximum atomic E-state index is 14.0. The Bertz CT molecular complexity index is 1360. The number of amides is 2. The van der Waals surface area contributed by atoms with Crippen molar-refractivity contribution in [2.45, 2.75) is 51.8 Å². The van der Waals surface area contributed by atoms with E-state index in [0.717, 1.165) is 32.5 Å². The molecule has 0 aliphatic carbocycles. The van der Waals surface area contributed by atoms with Gasteiger partial charge in [0.2, 0.25) is 17.6 Å². The molecule has 44 heavy (non-hydrogen) atoms. The lowest BCUT2D eigenvalue weighted by Gasteiger charge is -2.32. The molecule has 1 fully saturated rings. The zero-order valence-electron chi connectivity index (χ0n) is 25.9. The van der Waals surface area contributed by atoms with Crippen LogP contribution in [0.4, 0.5) is 4.39 Å². The van der Waals surface area contributed by atoms with Gasteiger partial charge in [0.15, 0.2) is 11.5 Å². The molecule has 12 nitrogen and oxygen atoms in total. The van der Waals surface area contributed by atoms with Crippen molar-refractivity contribution < 1.29 is 28.2 Å². The minimum atomic E-state index is -0.991. The Kier molecular flexibility index (Phi) is 12.0. The van der Waals surface area contributed by atoms with Crippen LogP contribution in [0.3, 0.4) is 0 Å². The summed E-state index contributed by atoms with van der Waals surface area (Å²) in [6.45, 7) is 7.69. The van der Waals surface area contributed by atoms with Crippen molar-refractivity contribution in [1.82, 2.24) is 35.3 Å². The number of benzene rings is 2. The van der Waals surface area contributed by atoms with Gasteiger partial charge in [-0.1, -0.05) is 26.0 Å². The summed E-state index contributed by atoms with van der Waals surface area (Å²) in [6, 6.07) is 9.91. The first-order valence-corrected chi connectivity index (χ1v) is 15.0. The van der Waals surface area contributed by atoms with Crippen LogP contribution in [-0.2, 0) is 20.9 Å². The van der Waals surface area contributed by atoms with Crippen molar-refractivity contribution in [2.75, 3.05) is 53.6 Å². The number of nitrogens with zero attached hydrogens (tertiary/aromatic N) is 6. The molecule has 1 aliphatic heterocycles. The maximum Gasteiger partial charge on any atom is 0.247 e. The fraction of sp³-hybridized carbons (Fsp3) is 0.516. The number of methoxy groups -OCH3 is 2. The summed E-state index contributed by atoms with van der Waals surface area (Å²) in [6.07, 6.45) is 2.35. The van der Waals surface area contributed by atoms with Crippen LogP contribution in [0.1, 0.15) is 44.7 Å². The number of nitrogens with one attached hydrogen (secondary N) is 1. The molecule has 4 rings (SSSR count). The second-order valence-electron chi connectivity index (χ2n) is 10.5. The molecule has 2 amide bonds. The molecule has 2 heterocycles. The van der Waals surface area contributed by atoms with E-state index in [-0.39, 0.29) is 24.5 Å². The summed E-state index contributed by atoms with van der Waals surface area (Å²) in [5.74, 6) is 0.206. The number of aromatic nitrogens is 4. The third-order valence-corrected chi connectivity index (χ3v) is 7.73. The van der Waals surface area contributed by atoms with Gasteiger partial charge in [-0.3, -0.25) is 9.59 Å². The van der Waals surface area contributed by atoms with Crippen molar-refractivity contribution in [3.8, 4) is 22.9 Å². The van der Waals surface area contributed by atoms with E-state index in [1.165, 1.54) is 28.9 Å². The molecule has 1 N–H and O–H groups in total. The molecule has 0 saturated carbocycles. The van der Waals surface area contributed by atoms with E-state index in [4.69, 9.17) is 14.2 Å². The van der Waals surface area contributed by atoms with Gasteiger partial charge in [-0.15, -0.1) is 10.2 Å². The van der Waals surface area contributed by atoms with Crippen molar-refractivity contribution in [3.05, 3.63) is 53.8 Å². The molecule has 238 valence electrons. The molecule has 0 radical (unpaired) electrons. The molecule has 0 bridgehead atoms. The highest BCUT2D eigenvalue weighted by Crippen LogP contribution is 2.31. The fourth-order valence-corrected chi connectivity index (χ4v) is 5.25. The minimum absolute atomic E-state index is 0.0750. The van der Waals surface area contributed by atoms with Crippen LogP contribution in [-0.4, -0.2) is 101 Å². The SMILES string of the molecule is CCN(CC)CCCN(C(=O)Cn1nnc(-c2ccc(OC)c(OC)c2)n1)[C@@H](C(=O)NC[C@@H]1CCCO1)c1ccc(F)cc1. The number of carbonyl (C=O) groups excluding carboxylic acids is 2. The average Bonchev–Trinajstić information content (AvgIpc) is 3.74. The van der Waals surface area contributed by atoms with E-state index in [9.17, 15) is 14.0 Å². The number of tetrazole rings is 1.